The first-order chi connectivity index (χ1) is 7.08. The molecule has 4 nitrogen and oxygen atoms in total. The maximum absolute atomic E-state index is 10.8. The van der Waals surface area contributed by atoms with Gasteiger partial charge in [-0.3, -0.25) is 4.68 Å². The smallest absolute Gasteiger partial charge is 0.335 e. The molecule has 0 saturated heterocycles. The average Bonchev–Trinajstić information content (AvgIpc) is 2.59. The lowest BCUT2D eigenvalue weighted by atomic mass is 10.2. The molecule has 0 amide bonds. The topological polar surface area (TPSA) is 55.1 Å². The Balaban J connectivity index is 2.57. The van der Waals surface area contributed by atoms with E-state index in [-0.39, 0.29) is 11.6 Å². The highest BCUT2D eigenvalue weighted by Crippen LogP contribution is 2.16. The summed E-state index contributed by atoms with van der Waals surface area (Å²) in [6.45, 7) is 4.06. The molecule has 2 rings (SSSR count). The van der Waals surface area contributed by atoms with Crippen LogP contribution < -0.4 is 0 Å². The zero-order valence-corrected chi connectivity index (χ0v) is 8.64. The van der Waals surface area contributed by atoms with Crippen LogP contribution in [0, 0.1) is 0 Å². The van der Waals surface area contributed by atoms with Gasteiger partial charge in [0.2, 0.25) is 0 Å². The van der Waals surface area contributed by atoms with E-state index in [0.717, 1.165) is 10.9 Å². The molecule has 0 spiro atoms. The summed E-state index contributed by atoms with van der Waals surface area (Å²) in [6.07, 6.45) is 1.92. The van der Waals surface area contributed by atoms with Gasteiger partial charge in [-0.2, -0.15) is 5.10 Å². The van der Waals surface area contributed by atoms with Crippen LogP contribution in [0.3, 0.4) is 0 Å². The van der Waals surface area contributed by atoms with Crippen molar-refractivity contribution in [1.82, 2.24) is 9.78 Å². The summed E-state index contributed by atoms with van der Waals surface area (Å²) < 4.78 is 1.83. The van der Waals surface area contributed by atoms with E-state index in [4.69, 9.17) is 5.11 Å². The molecule has 0 unspecified atom stereocenters. The molecule has 1 heterocycles. The molecule has 0 aliphatic carbocycles. The van der Waals surface area contributed by atoms with Gasteiger partial charge in [0.1, 0.15) is 0 Å². The average molecular weight is 204 g/mol. The number of nitrogens with zero attached hydrogens (tertiary/aromatic N) is 2. The normalized spacial score (nSPS) is 11.1. The molecule has 4 heteroatoms. The van der Waals surface area contributed by atoms with Crippen molar-refractivity contribution in [3.63, 3.8) is 0 Å². The highest BCUT2D eigenvalue weighted by Gasteiger charge is 2.07. The number of carboxylic acids is 1. The van der Waals surface area contributed by atoms with Crippen molar-refractivity contribution in [2.24, 2.45) is 0 Å². The second-order valence-electron chi connectivity index (χ2n) is 3.78. The Kier molecular flexibility index (Phi) is 2.19. The minimum absolute atomic E-state index is 0.275. The molecule has 0 radical (unpaired) electrons. The third-order valence-corrected chi connectivity index (χ3v) is 2.30. The Morgan fingerprint density at radius 1 is 1.47 bits per heavy atom. The second kappa shape index (κ2) is 3.38. The van der Waals surface area contributed by atoms with Crippen molar-refractivity contribution in [2.45, 2.75) is 19.9 Å². The van der Waals surface area contributed by atoms with Gasteiger partial charge in [-0.05, 0) is 26.0 Å². The first-order valence-corrected chi connectivity index (χ1v) is 4.80. The number of carbonyl (C=O) groups is 1. The summed E-state index contributed by atoms with van der Waals surface area (Å²) >= 11 is 0. The maximum atomic E-state index is 10.8. The highest BCUT2D eigenvalue weighted by molar-refractivity contribution is 5.92. The van der Waals surface area contributed by atoms with E-state index in [1.54, 1.807) is 18.2 Å². The van der Waals surface area contributed by atoms with Gasteiger partial charge in [-0.25, -0.2) is 4.79 Å². The van der Waals surface area contributed by atoms with Crippen molar-refractivity contribution >= 4 is 16.9 Å². The molecule has 2 aromatic rings. The zero-order chi connectivity index (χ0) is 11.0. The number of carboxylic acid groups (broad SMARTS) is 1. The van der Waals surface area contributed by atoms with E-state index in [0.29, 0.717) is 0 Å². The molecular formula is C11H12N2O2. The molecule has 0 aliphatic heterocycles. The minimum atomic E-state index is -0.920. The molecule has 78 valence electrons. The summed E-state index contributed by atoms with van der Waals surface area (Å²) in [7, 11) is 0. The Morgan fingerprint density at radius 2 is 2.20 bits per heavy atom. The Morgan fingerprint density at radius 3 is 2.80 bits per heavy atom. The molecule has 0 aliphatic rings. The van der Waals surface area contributed by atoms with Gasteiger partial charge in [-0.1, -0.05) is 6.07 Å². The first kappa shape index (κ1) is 9.71. The number of benzene rings is 1. The third kappa shape index (κ3) is 1.70. The molecule has 0 fully saturated rings. The predicted octanol–water partition coefficient (Wildman–Crippen LogP) is 2.32. The van der Waals surface area contributed by atoms with Crippen LogP contribution in [-0.2, 0) is 0 Å². The molecule has 0 saturated carbocycles. The van der Waals surface area contributed by atoms with Crippen molar-refractivity contribution in [2.75, 3.05) is 0 Å². The van der Waals surface area contributed by atoms with E-state index >= 15 is 0 Å². The van der Waals surface area contributed by atoms with E-state index < -0.39 is 5.97 Å². The van der Waals surface area contributed by atoms with Crippen molar-refractivity contribution in [3.05, 3.63) is 30.0 Å². The fraction of sp³-hybridized carbons (Fsp3) is 0.273. The Labute approximate surface area is 87.1 Å². The summed E-state index contributed by atoms with van der Waals surface area (Å²) in [6, 6.07) is 5.25. The number of fused-ring (bicyclic) bond motifs is 1. The molecular weight excluding hydrogens is 192 g/mol. The minimum Gasteiger partial charge on any atom is -0.478 e. The molecule has 0 bridgehead atoms. The lowest BCUT2D eigenvalue weighted by molar-refractivity contribution is 0.0697. The first-order valence-electron chi connectivity index (χ1n) is 4.80. The van der Waals surface area contributed by atoms with E-state index in [2.05, 4.69) is 5.10 Å². The third-order valence-electron chi connectivity index (χ3n) is 2.30. The van der Waals surface area contributed by atoms with Gasteiger partial charge in [0.05, 0.1) is 11.1 Å². The standard InChI is InChI=1S/C11H12N2O2/c1-7(2)13-6-9-4-3-8(11(14)15)5-10(9)12-13/h3-7H,1-2H3,(H,14,15). The van der Waals surface area contributed by atoms with Gasteiger partial charge in [-0.15, -0.1) is 0 Å². The van der Waals surface area contributed by atoms with E-state index in [9.17, 15) is 4.79 Å². The highest BCUT2D eigenvalue weighted by atomic mass is 16.4. The quantitative estimate of drug-likeness (QED) is 0.816. The second-order valence-corrected chi connectivity index (χ2v) is 3.78. The van der Waals surface area contributed by atoms with Crippen LogP contribution in [-0.4, -0.2) is 20.9 Å². The number of hydrogen-bond acceptors (Lipinski definition) is 2. The van der Waals surface area contributed by atoms with Crippen molar-refractivity contribution < 1.29 is 9.90 Å². The fourth-order valence-electron chi connectivity index (χ4n) is 1.43. The molecule has 0 atom stereocenters. The number of aromatic nitrogens is 2. The van der Waals surface area contributed by atoms with E-state index in [1.807, 2.05) is 24.7 Å². The van der Waals surface area contributed by atoms with E-state index in [1.165, 1.54) is 0 Å². The summed E-state index contributed by atoms with van der Waals surface area (Å²) in [5, 5.41) is 14.1. The molecule has 1 aromatic heterocycles. The van der Waals surface area contributed by atoms with Gasteiger partial charge >= 0.3 is 5.97 Å². The lowest BCUT2D eigenvalue weighted by Gasteiger charge is -2.02. The van der Waals surface area contributed by atoms with Crippen LogP contribution in [0.5, 0.6) is 0 Å². The van der Waals surface area contributed by atoms with Gasteiger partial charge < -0.3 is 5.11 Å². The largest absolute Gasteiger partial charge is 0.478 e. The summed E-state index contributed by atoms with van der Waals surface area (Å²) in [5.74, 6) is -0.920. The van der Waals surface area contributed by atoms with Crippen LogP contribution in [0.4, 0.5) is 0 Å². The predicted molar refractivity (Wildman–Crippen MR) is 57.1 cm³/mol. The summed E-state index contributed by atoms with van der Waals surface area (Å²) in [4.78, 5) is 10.8. The van der Waals surface area contributed by atoms with Crippen LogP contribution in [0.1, 0.15) is 30.2 Å². The van der Waals surface area contributed by atoms with Gasteiger partial charge in [0.25, 0.3) is 0 Å². The van der Waals surface area contributed by atoms with Crippen LogP contribution in [0.2, 0.25) is 0 Å². The van der Waals surface area contributed by atoms with Gasteiger partial charge in [0, 0.05) is 17.6 Å². The number of aromatic carboxylic acids is 1. The zero-order valence-electron chi connectivity index (χ0n) is 8.64. The fourth-order valence-corrected chi connectivity index (χ4v) is 1.43. The molecule has 1 N–H and O–H groups in total. The Hall–Kier alpha value is -1.84. The maximum Gasteiger partial charge on any atom is 0.335 e. The lowest BCUT2D eigenvalue weighted by Crippen LogP contribution is -2.00. The SMILES string of the molecule is CC(C)n1cc2ccc(C(=O)O)cc2n1. The molecule has 1 aromatic carbocycles. The van der Waals surface area contributed by atoms with Crippen LogP contribution >= 0.6 is 0 Å². The number of hydrogen-bond donors (Lipinski definition) is 1. The van der Waals surface area contributed by atoms with Crippen LogP contribution in [0.15, 0.2) is 24.4 Å². The van der Waals surface area contributed by atoms with Gasteiger partial charge in [0.15, 0.2) is 0 Å². The monoisotopic (exact) mass is 204 g/mol. The van der Waals surface area contributed by atoms with Crippen molar-refractivity contribution in [1.29, 1.82) is 0 Å². The number of rotatable bonds is 2. The molecule has 15 heavy (non-hydrogen) atoms. The van der Waals surface area contributed by atoms with Crippen LogP contribution in [0.25, 0.3) is 10.9 Å². The Bertz CT molecular complexity index is 514. The summed E-state index contributed by atoms with van der Waals surface area (Å²) in [5.41, 5.74) is 1.00. The van der Waals surface area contributed by atoms with Crippen molar-refractivity contribution in [3.8, 4) is 0 Å².